The minimum atomic E-state index is -0.848. The topological polar surface area (TPSA) is 124 Å². The molecule has 3 aromatic rings. The van der Waals surface area contributed by atoms with E-state index >= 15 is 0 Å². The van der Waals surface area contributed by atoms with E-state index in [1.807, 2.05) is 13.8 Å². The van der Waals surface area contributed by atoms with Crippen LogP contribution < -0.4 is 33.8 Å². The summed E-state index contributed by atoms with van der Waals surface area (Å²) >= 11 is 1.16. The van der Waals surface area contributed by atoms with Crippen LogP contribution in [-0.4, -0.2) is 56.6 Å². The molecule has 0 amide bonds. The third-order valence-electron chi connectivity index (χ3n) is 6.54. The molecule has 0 fully saturated rings. The fraction of sp³-hybridized carbons (Fsp3) is 0.375. The highest BCUT2D eigenvalue weighted by Crippen LogP contribution is 2.37. The zero-order valence-corrected chi connectivity index (χ0v) is 26.6. The van der Waals surface area contributed by atoms with Gasteiger partial charge in [0.25, 0.3) is 5.56 Å². The van der Waals surface area contributed by atoms with Crippen LogP contribution in [0, 0.1) is 0 Å². The first kappa shape index (κ1) is 32.3. The van der Waals surface area contributed by atoms with Crippen LogP contribution in [0.4, 0.5) is 0 Å². The lowest BCUT2D eigenvalue weighted by molar-refractivity contribution is -0.145. The Morgan fingerprint density at radius 3 is 2.41 bits per heavy atom. The van der Waals surface area contributed by atoms with Crippen molar-refractivity contribution in [1.82, 2.24) is 4.57 Å². The molecule has 0 N–H and O–H groups in total. The first-order chi connectivity index (χ1) is 21.1. The van der Waals surface area contributed by atoms with Gasteiger partial charge in [0, 0.05) is 5.56 Å². The van der Waals surface area contributed by atoms with Gasteiger partial charge in [-0.15, -0.1) is 0 Å². The number of ether oxygens (including phenoxy) is 6. The second-order valence-corrected chi connectivity index (χ2v) is 10.9. The molecular formula is C32H36N2O9S. The summed E-state index contributed by atoms with van der Waals surface area (Å²) in [6.07, 6.45) is 1.56. The minimum Gasteiger partial charge on any atom is -0.493 e. The Bertz CT molecular complexity index is 1750. The van der Waals surface area contributed by atoms with Crippen LogP contribution in [-0.2, 0) is 19.1 Å². The van der Waals surface area contributed by atoms with Gasteiger partial charge in [0.05, 0.1) is 55.4 Å². The highest BCUT2D eigenvalue weighted by Gasteiger charge is 2.34. The summed E-state index contributed by atoms with van der Waals surface area (Å²) in [5.74, 6) is 0.536. The number of hydrogen-bond acceptors (Lipinski definition) is 11. The van der Waals surface area contributed by atoms with E-state index in [1.54, 1.807) is 63.2 Å². The molecule has 44 heavy (non-hydrogen) atoms. The smallest absolute Gasteiger partial charge is 0.344 e. The first-order valence-electron chi connectivity index (χ1n) is 14.1. The number of aromatic nitrogens is 1. The quantitative estimate of drug-likeness (QED) is 0.278. The summed E-state index contributed by atoms with van der Waals surface area (Å²) in [6, 6.07) is 9.63. The molecule has 12 heteroatoms. The lowest BCUT2D eigenvalue weighted by atomic mass is 9.95. The predicted octanol–water partition coefficient (Wildman–Crippen LogP) is 3.54. The van der Waals surface area contributed by atoms with E-state index in [0.717, 1.165) is 11.3 Å². The lowest BCUT2D eigenvalue weighted by Gasteiger charge is -2.25. The molecule has 0 spiro atoms. The van der Waals surface area contributed by atoms with Gasteiger partial charge in [-0.1, -0.05) is 29.5 Å². The van der Waals surface area contributed by atoms with Crippen LogP contribution in [0.1, 0.15) is 51.8 Å². The van der Waals surface area contributed by atoms with E-state index in [9.17, 15) is 14.4 Å². The molecule has 2 aromatic carbocycles. The maximum absolute atomic E-state index is 14.1. The van der Waals surface area contributed by atoms with E-state index < -0.39 is 18.0 Å². The molecule has 234 valence electrons. The Morgan fingerprint density at radius 1 is 1.02 bits per heavy atom. The van der Waals surface area contributed by atoms with Gasteiger partial charge < -0.3 is 28.4 Å². The fourth-order valence-corrected chi connectivity index (χ4v) is 5.79. The summed E-state index contributed by atoms with van der Waals surface area (Å²) < 4.78 is 34.9. The van der Waals surface area contributed by atoms with Gasteiger partial charge in [-0.2, -0.15) is 0 Å². The van der Waals surface area contributed by atoms with Gasteiger partial charge in [0.2, 0.25) is 0 Å². The van der Waals surface area contributed by atoms with Crippen LogP contribution in [0.2, 0.25) is 0 Å². The summed E-state index contributed by atoms with van der Waals surface area (Å²) in [6.45, 7) is 8.99. The number of para-hydroxylation sites is 1. The van der Waals surface area contributed by atoms with Gasteiger partial charge in [-0.25, -0.2) is 14.6 Å². The van der Waals surface area contributed by atoms with Crippen molar-refractivity contribution < 1.29 is 38.0 Å². The second kappa shape index (κ2) is 14.3. The molecular weight excluding hydrogens is 588 g/mol. The number of allylic oxidation sites excluding steroid dienone is 1. The first-order valence-corrected chi connectivity index (χ1v) is 14.9. The van der Waals surface area contributed by atoms with E-state index in [0.29, 0.717) is 43.4 Å². The van der Waals surface area contributed by atoms with E-state index in [1.165, 1.54) is 18.8 Å². The van der Waals surface area contributed by atoms with Crippen molar-refractivity contribution in [2.24, 2.45) is 4.99 Å². The van der Waals surface area contributed by atoms with Crippen molar-refractivity contribution in [2.45, 2.75) is 46.8 Å². The number of rotatable bonds is 12. The third-order valence-corrected chi connectivity index (χ3v) is 7.52. The lowest BCUT2D eigenvalue weighted by Crippen LogP contribution is -2.40. The van der Waals surface area contributed by atoms with Crippen LogP contribution in [0.3, 0.4) is 0 Å². The standard InChI is InChI=1S/C32H36N2O9S/c1-8-40-26(35)17-42-29-21(11-10-12-23(29)38-6)16-25-30(36)34-28(20-13-14-22(43-18(3)4)24(15-20)39-7)27(31(37)41-9-2)19(5)33-32(34)44-25/h10-16,18,28H,8-9,17H2,1-7H3/b25-16+/t28-/m0/s1. The molecule has 2 heterocycles. The molecule has 1 atom stereocenters. The van der Waals surface area contributed by atoms with E-state index in [4.69, 9.17) is 28.4 Å². The molecule has 1 aliphatic rings. The number of nitrogens with zero attached hydrogens (tertiary/aromatic N) is 2. The second-order valence-electron chi connectivity index (χ2n) is 9.85. The van der Waals surface area contributed by atoms with Crippen molar-refractivity contribution in [3.8, 4) is 23.0 Å². The van der Waals surface area contributed by atoms with E-state index in [2.05, 4.69) is 4.99 Å². The Labute approximate surface area is 258 Å². The fourth-order valence-electron chi connectivity index (χ4n) is 4.75. The average molecular weight is 625 g/mol. The Hall–Kier alpha value is -4.58. The summed E-state index contributed by atoms with van der Waals surface area (Å²) in [5.41, 5.74) is 1.41. The number of benzene rings is 2. The molecule has 4 rings (SSSR count). The number of carbonyl (C=O) groups excluding carboxylic acids is 2. The third kappa shape index (κ3) is 6.80. The Balaban J connectivity index is 1.91. The number of methoxy groups -OCH3 is 2. The van der Waals surface area contributed by atoms with Crippen LogP contribution in [0.15, 0.2) is 57.5 Å². The summed E-state index contributed by atoms with van der Waals surface area (Å²) in [7, 11) is 3.01. The SMILES string of the molecule is CCOC(=O)COc1c(/C=c2/sc3n(c2=O)[C@@H](c2ccc(OC(C)C)c(OC)c2)C(C(=O)OCC)=C(C)N=3)cccc1OC. The van der Waals surface area contributed by atoms with Crippen molar-refractivity contribution in [2.75, 3.05) is 34.0 Å². The molecule has 0 aliphatic carbocycles. The van der Waals surface area contributed by atoms with Crippen molar-refractivity contribution in [1.29, 1.82) is 0 Å². The summed E-state index contributed by atoms with van der Waals surface area (Å²) in [5, 5.41) is 0. The number of thiazole rings is 1. The number of carbonyl (C=O) groups is 2. The highest BCUT2D eigenvalue weighted by atomic mass is 32.1. The molecule has 0 bridgehead atoms. The number of hydrogen-bond donors (Lipinski definition) is 0. The monoisotopic (exact) mass is 624 g/mol. The van der Waals surface area contributed by atoms with Gasteiger partial charge >= 0.3 is 11.9 Å². The van der Waals surface area contributed by atoms with Crippen molar-refractivity contribution >= 4 is 29.4 Å². The van der Waals surface area contributed by atoms with Crippen molar-refractivity contribution in [3.05, 3.63) is 78.5 Å². The van der Waals surface area contributed by atoms with Gasteiger partial charge in [-0.3, -0.25) is 9.36 Å². The maximum Gasteiger partial charge on any atom is 0.344 e. The van der Waals surface area contributed by atoms with Crippen molar-refractivity contribution in [3.63, 3.8) is 0 Å². The van der Waals surface area contributed by atoms with Gasteiger partial charge in [0.1, 0.15) is 0 Å². The zero-order valence-electron chi connectivity index (χ0n) is 25.8. The van der Waals surface area contributed by atoms with Crippen LogP contribution in [0.25, 0.3) is 6.08 Å². The summed E-state index contributed by atoms with van der Waals surface area (Å²) in [4.78, 5) is 44.4. The average Bonchev–Trinajstić information content (AvgIpc) is 3.29. The maximum atomic E-state index is 14.1. The number of esters is 2. The predicted molar refractivity (Wildman–Crippen MR) is 164 cm³/mol. The molecule has 0 radical (unpaired) electrons. The minimum absolute atomic E-state index is 0.0903. The van der Waals surface area contributed by atoms with Gasteiger partial charge in [-0.05, 0) is 64.5 Å². The molecule has 0 unspecified atom stereocenters. The Morgan fingerprint density at radius 2 is 1.75 bits per heavy atom. The molecule has 11 nitrogen and oxygen atoms in total. The highest BCUT2D eigenvalue weighted by molar-refractivity contribution is 7.07. The van der Waals surface area contributed by atoms with Crippen LogP contribution >= 0.6 is 11.3 Å². The largest absolute Gasteiger partial charge is 0.493 e. The van der Waals surface area contributed by atoms with E-state index in [-0.39, 0.29) is 42.8 Å². The molecule has 1 aliphatic heterocycles. The molecule has 0 saturated carbocycles. The molecule has 1 aromatic heterocycles. The zero-order chi connectivity index (χ0) is 32.0. The normalized spacial score (nSPS) is 14.5. The Kier molecular flexibility index (Phi) is 10.5. The van der Waals surface area contributed by atoms with Gasteiger partial charge in [0.15, 0.2) is 34.4 Å². The number of fused-ring (bicyclic) bond motifs is 1. The van der Waals surface area contributed by atoms with Crippen LogP contribution in [0.5, 0.6) is 23.0 Å². The molecule has 0 saturated heterocycles.